The van der Waals surface area contributed by atoms with Gasteiger partial charge in [-0.3, -0.25) is 15.0 Å². The second-order valence-electron chi connectivity index (χ2n) is 6.96. The van der Waals surface area contributed by atoms with Gasteiger partial charge in [0, 0.05) is 5.56 Å². The predicted octanol–water partition coefficient (Wildman–Crippen LogP) is 3.53. The van der Waals surface area contributed by atoms with Crippen molar-refractivity contribution in [3.8, 4) is 11.1 Å². The average molecular weight is 449 g/mol. The van der Waals surface area contributed by atoms with E-state index < -0.39 is 6.04 Å². The number of nitrogens with one attached hydrogen (secondary N) is 3. The molecule has 1 aromatic heterocycles. The first-order valence-electron chi connectivity index (χ1n) is 10.0. The fraction of sp³-hybridized carbons (Fsp3) is 0.167. The number of carbonyl (C=O) groups is 3. The van der Waals surface area contributed by atoms with Crippen molar-refractivity contribution in [1.29, 1.82) is 0 Å². The first-order valence-corrected chi connectivity index (χ1v) is 11.4. The van der Waals surface area contributed by atoms with Crippen LogP contribution in [-0.2, 0) is 4.79 Å². The molecule has 0 aliphatic carbocycles. The molecule has 164 valence electrons. The number of H-pyrrole nitrogens is 1. The molecular formula is C24H24N4O3S. The number of allylic oxidation sites excluding steroid dienone is 1. The maximum Gasteiger partial charge on any atom is 0.266 e. The van der Waals surface area contributed by atoms with Crippen molar-refractivity contribution in [2.24, 2.45) is 0 Å². The van der Waals surface area contributed by atoms with Gasteiger partial charge in [0.25, 0.3) is 5.91 Å². The Morgan fingerprint density at radius 1 is 1.19 bits per heavy atom. The summed E-state index contributed by atoms with van der Waals surface area (Å²) in [5.74, 6) is 0.267. The summed E-state index contributed by atoms with van der Waals surface area (Å²) in [5, 5.41) is 0. The van der Waals surface area contributed by atoms with Gasteiger partial charge in [0.05, 0.1) is 18.6 Å². The summed E-state index contributed by atoms with van der Waals surface area (Å²) in [6.07, 6.45) is 9.44. The Labute approximate surface area is 190 Å². The molecule has 3 N–H and O–H groups in total. The third-order valence-corrected chi connectivity index (χ3v) is 5.38. The maximum atomic E-state index is 12.9. The molecule has 3 rings (SSSR count). The van der Waals surface area contributed by atoms with Crippen LogP contribution in [0.15, 0.2) is 67.1 Å². The van der Waals surface area contributed by atoms with Gasteiger partial charge in [0.1, 0.15) is 12.0 Å². The Kier molecular flexibility index (Phi) is 8.53. The highest BCUT2D eigenvalue weighted by atomic mass is 32.2. The molecule has 0 saturated carbocycles. The third-order valence-electron chi connectivity index (χ3n) is 4.73. The molecule has 0 fully saturated rings. The summed E-state index contributed by atoms with van der Waals surface area (Å²) in [6, 6.07) is 14.4. The Bertz CT molecular complexity index is 1080. The van der Waals surface area contributed by atoms with Crippen LogP contribution >= 0.6 is 11.8 Å². The van der Waals surface area contributed by atoms with Gasteiger partial charge in [-0.15, -0.1) is 0 Å². The number of nitrogens with zero attached hydrogens (tertiary/aromatic N) is 1. The zero-order chi connectivity index (χ0) is 22.8. The molecule has 32 heavy (non-hydrogen) atoms. The summed E-state index contributed by atoms with van der Waals surface area (Å²) < 4.78 is 0. The zero-order valence-electron chi connectivity index (χ0n) is 17.6. The summed E-state index contributed by atoms with van der Waals surface area (Å²) in [4.78, 5) is 43.0. The number of thioether (sulfide) groups is 1. The van der Waals surface area contributed by atoms with Gasteiger partial charge < -0.3 is 9.78 Å². The van der Waals surface area contributed by atoms with E-state index >= 15 is 0 Å². The van der Waals surface area contributed by atoms with E-state index in [1.165, 1.54) is 18.6 Å². The lowest BCUT2D eigenvalue weighted by molar-refractivity contribution is -0.109. The second kappa shape index (κ2) is 11.8. The van der Waals surface area contributed by atoms with Crippen molar-refractivity contribution in [2.75, 3.05) is 12.0 Å². The SMILES string of the molecule is CSCCC(C=O)NNC(=O)c1ccc(/C=C/C(=O)c2cnc[nH]2)cc1-c1ccccc1. The van der Waals surface area contributed by atoms with Crippen LogP contribution in [0.25, 0.3) is 17.2 Å². The molecular weight excluding hydrogens is 424 g/mol. The Morgan fingerprint density at radius 3 is 2.69 bits per heavy atom. The Morgan fingerprint density at radius 2 is 2.00 bits per heavy atom. The molecule has 0 saturated heterocycles. The minimum absolute atomic E-state index is 0.195. The van der Waals surface area contributed by atoms with Gasteiger partial charge in [-0.1, -0.05) is 42.5 Å². The molecule has 1 amide bonds. The van der Waals surface area contributed by atoms with E-state index in [0.29, 0.717) is 23.2 Å². The number of rotatable bonds is 11. The quantitative estimate of drug-likeness (QED) is 0.179. The number of hydrogen-bond donors (Lipinski definition) is 3. The van der Waals surface area contributed by atoms with Crippen molar-refractivity contribution in [3.05, 3.63) is 84.0 Å². The fourth-order valence-corrected chi connectivity index (χ4v) is 3.51. The minimum atomic E-state index is -0.456. The number of ketones is 1. The first kappa shape index (κ1) is 23.2. The van der Waals surface area contributed by atoms with E-state index in [1.54, 1.807) is 30.0 Å². The molecule has 1 unspecified atom stereocenters. The largest absolute Gasteiger partial charge is 0.342 e. The van der Waals surface area contributed by atoms with Crippen LogP contribution in [0.2, 0.25) is 0 Å². The second-order valence-corrected chi connectivity index (χ2v) is 7.94. The van der Waals surface area contributed by atoms with Crippen LogP contribution in [0.5, 0.6) is 0 Å². The lowest BCUT2D eigenvalue weighted by Gasteiger charge is -2.15. The van der Waals surface area contributed by atoms with Crippen LogP contribution < -0.4 is 10.9 Å². The highest BCUT2D eigenvalue weighted by Crippen LogP contribution is 2.25. The molecule has 0 aliphatic rings. The lowest BCUT2D eigenvalue weighted by atomic mass is 9.96. The lowest BCUT2D eigenvalue weighted by Crippen LogP contribution is -2.45. The number of carbonyl (C=O) groups excluding carboxylic acids is 3. The Hall–Kier alpha value is -3.49. The number of aldehydes is 1. The molecule has 3 aromatic rings. The van der Waals surface area contributed by atoms with Crippen LogP contribution in [0, 0.1) is 0 Å². The summed E-state index contributed by atoms with van der Waals surface area (Å²) in [6.45, 7) is 0. The summed E-state index contributed by atoms with van der Waals surface area (Å²) in [5.41, 5.74) is 8.65. The molecule has 8 heteroatoms. The molecule has 0 spiro atoms. The minimum Gasteiger partial charge on any atom is -0.342 e. The molecule has 1 heterocycles. The van der Waals surface area contributed by atoms with Crippen molar-refractivity contribution >= 4 is 35.8 Å². The average Bonchev–Trinajstić information content (AvgIpc) is 3.38. The fourth-order valence-electron chi connectivity index (χ4n) is 3.02. The monoisotopic (exact) mass is 448 g/mol. The number of aromatic amines is 1. The van der Waals surface area contributed by atoms with Crippen LogP contribution in [0.4, 0.5) is 0 Å². The van der Waals surface area contributed by atoms with Crippen LogP contribution in [0.3, 0.4) is 0 Å². The standard InChI is InChI=1S/C24H24N4O3S/c1-32-12-11-19(15-29)27-28-24(31)20-9-7-17(8-10-23(30)22-14-25-16-26-22)13-21(20)18-5-3-2-4-6-18/h2-10,13-16,19,27H,11-12H2,1H3,(H,25,26)(H,28,31)/b10-8+. The first-order chi connectivity index (χ1) is 15.6. The van der Waals surface area contributed by atoms with E-state index in [1.807, 2.05) is 42.7 Å². The van der Waals surface area contributed by atoms with E-state index in [0.717, 1.165) is 23.2 Å². The van der Waals surface area contributed by atoms with Crippen molar-refractivity contribution in [3.63, 3.8) is 0 Å². The van der Waals surface area contributed by atoms with E-state index in [9.17, 15) is 14.4 Å². The normalized spacial score (nSPS) is 11.9. The molecule has 7 nitrogen and oxygen atoms in total. The highest BCUT2D eigenvalue weighted by Gasteiger charge is 2.15. The maximum absolute atomic E-state index is 12.9. The van der Waals surface area contributed by atoms with Crippen LogP contribution in [-0.4, -0.2) is 46.0 Å². The molecule has 1 atom stereocenters. The highest BCUT2D eigenvalue weighted by molar-refractivity contribution is 7.98. The van der Waals surface area contributed by atoms with E-state index in [4.69, 9.17) is 0 Å². The van der Waals surface area contributed by atoms with E-state index in [2.05, 4.69) is 20.8 Å². The van der Waals surface area contributed by atoms with Crippen molar-refractivity contribution in [2.45, 2.75) is 12.5 Å². The molecule has 0 radical (unpaired) electrons. The number of hydrogen-bond acceptors (Lipinski definition) is 6. The van der Waals surface area contributed by atoms with Gasteiger partial charge in [-0.05, 0) is 53.3 Å². The Balaban J connectivity index is 1.83. The topological polar surface area (TPSA) is 104 Å². The zero-order valence-corrected chi connectivity index (χ0v) is 18.4. The van der Waals surface area contributed by atoms with Gasteiger partial charge in [-0.25, -0.2) is 10.4 Å². The number of hydrazine groups is 1. The van der Waals surface area contributed by atoms with Gasteiger partial charge in [-0.2, -0.15) is 11.8 Å². The van der Waals surface area contributed by atoms with Crippen molar-refractivity contribution < 1.29 is 14.4 Å². The number of aromatic nitrogens is 2. The van der Waals surface area contributed by atoms with E-state index in [-0.39, 0.29) is 11.7 Å². The molecule has 0 aliphatic heterocycles. The predicted molar refractivity (Wildman–Crippen MR) is 127 cm³/mol. The number of benzene rings is 2. The van der Waals surface area contributed by atoms with Crippen molar-refractivity contribution in [1.82, 2.24) is 20.8 Å². The summed E-state index contributed by atoms with van der Waals surface area (Å²) >= 11 is 1.64. The van der Waals surface area contributed by atoms with Gasteiger partial charge in [0.15, 0.2) is 0 Å². The third kappa shape index (κ3) is 6.26. The summed E-state index contributed by atoms with van der Waals surface area (Å²) in [7, 11) is 0. The smallest absolute Gasteiger partial charge is 0.266 e. The molecule has 2 aromatic carbocycles. The van der Waals surface area contributed by atoms with Crippen LogP contribution in [0.1, 0.15) is 32.8 Å². The molecule has 0 bridgehead atoms. The van der Waals surface area contributed by atoms with Gasteiger partial charge >= 0.3 is 0 Å². The number of imidazole rings is 1. The van der Waals surface area contributed by atoms with Gasteiger partial charge in [0.2, 0.25) is 5.78 Å². The number of amides is 1.